The maximum absolute atomic E-state index is 9.60. The highest BCUT2D eigenvalue weighted by atomic mass is 16.3. The van der Waals surface area contributed by atoms with Crippen molar-refractivity contribution in [2.45, 2.75) is 27.7 Å². The van der Waals surface area contributed by atoms with Crippen molar-refractivity contribution < 1.29 is 10.2 Å². The first-order valence-corrected chi connectivity index (χ1v) is 6.35. The number of hydrogen-bond acceptors (Lipinski definition) is 2. The van der Waals surface area contributed by atoms with Crippen LogP contribution in [0.5, 0.6) is 11.5 Å². The first kappa shape index (κ1) is 16.0. The molecule has 0 aliphatic heterocycles. The van der Waals surface area contributed by atoms with E-state index in [0.29, 0.717) is 5.56 Å². The largest absolute Gasteiger partial charge is 0.504 e. The molecule has 2 aromatic rings. The Kier molecular flexibility index (Phi) is 8.12. The van der Waals surface area contributed by atoms with Crippen molar-refractivity contribution in [3.63, 3.8) is 0 Å². The number of phenols is 2. The van der Waals surface area contributed by atoms with Crippen molar-refractivity contribution >= 4 is 0 Å². The Balaban J connectivity index is 0.000000659. The molecular formula is C16H22O2. The summed E-state index contributed by atoms with van der Waals surface area (Å²) in [5, 5.41) is 18.9. The number of phenolic OH excluding ortho intramolecular Hbond substituents is 2. The molecule has 2 N–H and O–H groups in total. The molecule has 0 amide bonds. The van der Waals surface area contributed by atoms with E-state index in [1.165, 1.54) is 6.07 Å². The molecule has 0 aromatic heterocycles. The van der Waals surface area contributed by atoms with Gasteiger partial charge in [-0.15, -0.1) is 0 Å². The van der Waals surface area contributed by atoms with Crippen LogP contribution in [0.2, 0.25) is 0 Å². The van der Waals surface area contributed by atoms with E-state index in [1.807, 2.05) is 58.0 Å². The smallest absolute Gasteiger partial charge is 0.165 e. The van der Waals surface area contributed by atoms with Crippen molar-refractivity contribution in [2.75, 3.05) is 0 Å². The predicted molar refractivity (Wildman–Crippen MR) is 77.9 cm³/mol. The summed E-state index contributed by atoms with van der Waals surface area (Å²) in [6, 6.07) is 14.4. The highest BCUT2D eigenvalue weighted by Gasteiger charge is 2.06. The second-order valence-corrected chi connectivity index (χ2v) is 3.04. The summed E-state index contributed by atoms with van der Waals surface area (Å²) in [6.45, 7) is 8.00. The topological polar surface area (TPSA) is 40.5 Å². The van der Waals surface area contributed by atoms with Crippen molar-refractivity contribution in [2.24, 2.45) is 0 Å². The fourth-order valence-electron chi connectivity index (χ4n) is 1.38. The van der Waals surface area contributed by atoms with E-state index in [9.17, 15) is 10.2 Å². The predicted octanol–water partition coefficient (Wildman–Crippen LogP) is 4.82. The molecule has 2 nitrogen and oxygen atoms in total. The molecule has 0 spiro atoms. The summed E-state index contributed by atoms with van der Waals surface area (Å²) in [4.78, 5) is 0. The van der Waals surface area contributed by atoms with Gasteiger partial charge in [-0.1, -0.05) is 70.2 Å². The van der Waals surface area contributed by atoms with Crippen LogP contribution in [0, 0.1) is 0 Å². The minimum absolute atomic E-state index is 0.0706. The van der Waals surface area contributed by atoms with E-state index in [1.54, 1.807) is 12.1 Å². The van der Waals surface area contributed by atoms with Crippen molar-refractivity contribution in [3.05, 3.63) is 48.5 Å². The van der Waals surface area contributed by atoms with E-state index < -0.39 is 0 Å². The zero-order chi connectivity index (χ0) is 14.0. The highest BCUT2D eigenvalue weighted by Crippen LogP contribution is 2.35. The first-order valence-electron chi connectivity index (χ1n) is 6.35. The van der Waals surface area contributed by atoms with Gasteiger partial charge in [0.05, 0.1) is 0 Å². The van der Waals surface area contributed by atoms with Gasteiger partial charge in [-0.3, -0.25) is 0 Å². The minimum Gasteiger partial charge on any atom is -0.504 e. The summed E-state index contributed by atoms with van der Waals surface area (Å²) in [5.41, 5.74) is 1.53. The van der Waals surface area contributed by atoms with Gasteiger partial charge in [0.15, 0.2) is 11.5 Å². The lowest BCUT2D eigenvalue weighted by molar-refractivity contribution is 0.405. The lowest BCUT2D eigenvalue weighted by Gasteiger charge is -2.05. The van der Waals surface area contributed by atoms with Gasteiger partial charge in [-0.2, -0.15) is 0 Å². The zero-order valence-corrected chi connectivity index (χ0v) is 11.5. The Bertz CT molecular complexity index is 436. The maximum atomic E-state index is 9.60. The lowest BCUT2D eigenvalue weighted by Crippen LogP contribution is -1.78. The molecule has 2 rings (SSSR count). The summed E-state index contributed by atoms with van der Waals surface area (Å²) >= 11 is 0. The van der Waals surface area contributed by atoms with Crippen LogP contribution in [0.3, 0.4) is 0 Å². The van der Waals surface area contributed by atoms with E-state index in [2.05, 4.69) is 0 Å². The van der Waals surface area contributed by atoms with Crippen LogP contribution in [0.1, 0.15) is 27.7 Å². The van der Waals surface area contributed by atoms with Crippen molar-refractivity contribution in [1.29, 1.82) is 0 Å². The number of hydrogen-bond donors (Lipinski definition) is 2. The summed E-state index contributed by atoms with van der Waals surface area (Å²) in [5.74, 6) is -0.162. The highest BCUT2D eigenvalue weighted by molar-refractivity contribution is 5.72. The fraction of sp³-hybridized carbons (Fsp3) is 0.250. The fourth-order valence-corrected chi connectivity index (χ4v) is 1.38. The average molecular weight is 246 g/mol. The SMILES string of the molecule is CC.CC.Oc1cccc(-c2ccccc2)c1O. The molecule has 0 fully saturated rings. The zero-order valence-electron chi connectivity index (χ0n) is 11.5. The quantitative estimate of drug-likeness (QED) is 0.708. The van der Waals surface area contributed by atoms with Gasteiger partial charge in [0.1, 0.15) is 0 Å². The molecule has 0 saturated carbocycles. The van der Waals surface area contributed by atoms with E-state index in [0.717, 1.165) is 5.56 Å². The molecule has 0 heterocycles. The van der Waals surface area contributed by atoms with Gasteiger partial charge in [-0.25, -0.2) is 0 Å². The lowest BCUT2D eigenvalue weighted by atomic mass is 10.0. The molecule has 18 heavy (non-hydrogen) atoms. The van der Waals surface area contributed by atoms with E-state index >= 15 is 0 Å². The molecule has 0 aliphatic rings. The van der Waals surface area contributed by atoms with Crippen molar-refractivity contribution in [3.8, 4) is 22.6 Å². The molecule has 0 atom stereocenters. The monoisotopic (exact) mass is 246 g/mol. The third kappa shape index (κ3) is 4.13. The Hall–Kier alpha value is -1.96. The van der Waals surface area contributed by atoms with Gasteiger partial charge in [0, 0.05) is 5.56 Å². The summed E-state index contributed by atoms with van der Waals surface area (Å²) in [6.07, 6.45) is 0. The maximum Gasteiger partial charge on any atom is 0.165 e. The summed E-state index contributed by atoms with van der Waals surface area (Å²) in [7, 11) is 0. The number of rotatable bonds is 1. The number of benzene rings is 2. The average Bonchev–Trinajstić information content (AvgIpc) is 2.47. The van der Waals surface area contributed by atoms with Gasteiger partial charge in [0.25, 0.3) is 0 Å². The van der Waals surface area contributed by atoms with Crippen molar-refractivity contribution in [1.82, 2.24) is 0 Å². The van der Waals surface area contributed by atoms with Crippen LogP contribution in [0.25, 0.3) is 11.1 Å². The number of aromatic hydroxyl groups is 2. The van der Waals surface area contributed by atoms with Crippen LogP contribution in [0.15, 0.2) is 48.5 Å². The van der Waals surface area contributed by atoms with Crippen LogP contribution in [-0.4, -0.2) is 10.2 Å². The Morgan fingerprint density at radius 2 is 1.22 bits per heavy atom. The molecule has 0 saturated heterocycles. The van der Waals surface area contributed by atoms with Gasteiger partial charge >= 0.3 is 0 Å². The Morgan fingerprint density at radius 3 is 1.78 bits per heavy atom. The molecular weight excluding hydrogens is 224 g/mol. The van der Waals surface area contributed by atoms with Crippen LogP contribution in [0.4, 0.5) is 0 Å². The van der Waals surface area contributed by atoms with Crippen LogP contribution >= 0.6 is 0 Å². The second kappa shape index (κ2) is 9.11. The van der Waals surface area contributed by atoms with Gasteiger partial charge < -0.3 is 10.2 Å². The van der Waals surface area contributed by atoms with E-state index in [4.69, 9.17) is 0 Å². The third-order valence-electron chi connectivity index (χ3n) is 2.10. The van der Waals surface area contributed by atoms with Gasteiger partial charge in [-0.05, 0) is 11.6 Å². The van der Waals surface area contributed by atoms with Crippen LogP contribution in [-0.2, 0) is 0 Å². The van der Waals surface area contributed by atoms with E-state index in [-0.39, 0.29) is 11.5 Å². The second-order valence-electron chi connectivity index (χ2n) is 3.04. The molecule has 0 unspecified atom stereocenters. The summed E-state index contributed by atoms with van der Waals surface area (Å²) < 4.78 is 0. The normalized spacial score (nSPS) is 8.44. The molecule has 98 valence electrons. The Labute approximate surface area is 110 Å². The first-order chi connectivity index (χ1) is 8.79. The molecule has 2 heteroatoms. The Morgan fingerprint density at radius 1 is 0.667 bits per heavy atom. The third-order valence-corrected chi connectivity index (χ3v) is 2.10. The van der Waals surface area contributed by atoms with Crippen LogP contribution < -0.4 is 0 Å². The standard InChI is InChI=1S/C12H10O2.2C2H6/c13-11-8-4-7-10(12(11)14)9-5-2-1-3-6-9;2*1-2/h1-8,13-14H;2*1-2H3. The molecule has 0 bridgehead atoms. The van der Waals surface area contributed by atoms with Gasteiger partial charge in [0.2, 0.25) is 0 Å². The molecule has 2 aromatic carbocycles. The molecule has 0 radical (unpaired) electrons. The number of para-hydroxylation sites is 1. The molecule has 0 aliphatic carbocycles. The minimum atomic E-state index is -0.0913.